The molecular formula is C24H46BN2O2. The summed E-state index contributed by atoms with van der Waals surface area (Å²) in [6.45, 7) is 17.7. The molecule has 1 aliphatic heterocycles. The second-order valence-electron chi connectivity index (χ2n) is 7.07. The summed E-state index contributed by atoms with van der Waals surface area (Å²) in [4.78, 5) is 0. The Labute approximate surface area is 182 Å². The molecule has 1 saturated heterocycles. The summed E-state index contributed by atoms with van der Waals surface area (Å²) in [5.74, 6) is 0. The fourth-order valence-corrected chi connectivity index (χ4v) is 2.01. The molecule has 2 rings (SSSR count). The highest BCUT2D eigenvalue weighted by Crippen LogP contribution is 2.24. The molecule has 1 aromatic rings. The predicted octanol–water partition coefficient (Wildman–Crippen LogP) is 5.02. The SMILES string of the molecule is C#C.C1CCNCC1.CC.CC.CC(C)(O)C(C)(C)O[B]Cc1ccccc1N. The number of hydrogen-bond acceptors (Lipinski definition) is 4. The van der Waals surface area contributed by atoms with Gasteiger partial charge >= 0.3 is 0 Å². The number of nitrogen functional groups attached to an aromatic ring is 1. The minimum atomic E-state index is -0.897. The van der Waals surface area contributed by atoms with E-state index in [4.69, 9.17) is 10.4 Å². The van der Waals surface area contributed by atoms with Gasteiger partial charge < -0.3 is 20.8 Å². The van der Waals surface area contributed by atoms with Gasteiger partial charge in [-0.3, -0.25) is 0 Å². The van der Waals surface area contributed by atoms with E-state index < -0.39 is 11.2 Å². The second kappa shape index (κ2) is 19.8. The van der Waals surface area contributed by atoms with Crippen molar-refractivity contribution in [2.75, 3.05) is 18.8 Å². The number of benzene rings is 1. The Kier molecular flexibility index (Phi) is 22.0. The van der Waals surface area contributed by atoms with Gasteiger partial charge in [0.2, 0.25) is 0 Å². The van der Waals surface area contributed by atoms with Gasteiger partial charge in [-0.05, 0) is 71.6 Å². The number of terminal acetylenes is 1. The molecule has 4 nitrogen and oxygen atoms in total. The third kappa shape index (κ3) is 16.1. The molecule has 1 fully saturated rings. The number of aliphatic hydroxyl groups is 1. The molecule has 1 radical (unpaired) electrons. The van der Waals surface area contributed by atoms with Crippen LogP contribution in [0.1, 0.15) is 80.2 Å². The van der Waals surface area contributed by atoms with Crippen molar-refractivity contribution in [1.29, 1.82) is 0 Å². The zero-order valence-corrected chi connectivity index (χ0v) is 20.2. The fourth-order valence-electron chi connectivity index (χ4n) is 2.01. The minimum Gasteiger partial charge on any atom is -0.433 e. The van der Waals surface area contributed by atoms with Gasteiger partial charge in [-0.2, -0.15) is 0 Å². The van der Waals surface area contributed by atoms with Crippen molar-refractivity contribution in [3.05, 3.63) is 29.8 Å². The highest BCUT2D eigenvalue weighted by molar-refractivity contribution is 6.27. The normalized spacial score (nSPS) is 12.8. The van der Waals surface area contributed by atoms with Gasteiger partial charge in [0, 0.05) is 5.69 Å². The van der Waals surface area contributed by atoms with Gasteiger partial charge in [0.25, 0.3) is 7.48 Å². The van der Waals surface area contributed by atoms with Crippen LogP contribution in [0.5, 0.6) is 0 Å². The van der Waals surface area contributed by atoms with E-state index in [9.17, 15) is 5.11 Å². The van der Waals surface area contributed by atoms with Crippen LogP contribution in [0.3, 0.4) is 0 Å². The van der Waals surface area contributed by atoms with Gasteiger partial charge in [0.15, 0.2) is 0 Å². The van der Waals surface area contributed by atoms with Crippen molar-refractivity contribution in [2.24, 2.45) is 0 Å². The van der Waals surface area contributed by atoms with E-state index >= 15 is 0 Å². The zero-order valence-electron chi connectivity index (χ0n) is 20.2. The Morgan fingerprint density at radius 3 is 1.83 bits per heavy atom. The number of anilines is 1. The number of nitrogens with two attached hydrogens (primary N) is 1. The third-order valence-corrected chi connectivity index (χ3v) is 4.42. The molecule has 0 atom stereocenters. The molecule has 167 valence electrons. The summed E-state index contributed by atoms with van der Waals surface area (Å²) in [5, 5.41) is 13.2. The Bertz CT molecular complexity index is 482. The van der Waals surface area contributed by atoms with E-state index in [-0.39, 0.29) is 0 Å². The fraction of sp³-hybridized carbons (Fsp3) is 0.667. The lowest BCUT2D eigenvalue weighted by molar-refractivity contribution is -0.0904. The highest BCUT2D eigenvalue weighted by atomic mass is 16.5. The van der Waals surface area contributed by atoms with E-state index in [0.717, 1.165) is 11.3 Å². The maximum atomic E-state index is 9.93. The molecule has 0 saturated carbocycles. The monoisotopic (exact) mass is 405 g/mol. The van der Waals surface area contributed by atoms with Crippen LogP contribution in [0, 0.1) is 12.8 Å². The van der Waals surface area contributed by atoms with Crippen molar-refractivity contribution in [1.82, 2.24) is 5.32 Å². The predicted molar refractivity (Wildman–Crippen MR) is 131 cm³/mol. The smallest absolute Gasteiger partial charge is 0.298 e. The molecular weight excluding hydrogens is 359 g/mol. The van der Waals surface area contributed by atoms with Crippen LogP contribution in [-0.2, 0) is 11.0 Å². The summed E-state index contributed by atoms with van der Waals surface area (Å²) >= 11 is 0. The number of rotatable bonds is 5. The lowest BCUT2D eigenvalue weighted by Gasteiger charge is -2.37. The molecule has 4 N–H and O–H groups in total. The minimum absolute atomic E-state index is 0.628. The number of nitrogens with one attached hydrogen (secondary N) is 1. The van der Waals surface area contributed by atoms with E-state index in [1.165, 1.54) is 32.4 Å². The van der Waals surface area contributed by atoms with Gasteiger partial charge in [-0.1, -0.05) is 52.3 Å². The van der Waals surface area contributed by atoms with Crippen LogP contribution in [0.2, 0.25) is 0 Å². The molecule has 0 aliphatic carbocycles. The summed E-state index contributed by atoms with van der Waals surface area (Å²) in [7, 11) is 1.70. The van der Waals surface area contributed by atoms with Crippen LogP contribution in [0.25, 0.3) is 0 Å². The Hall–Kier alpha value is -1.48. The van der Waals surface area contributed by atoms with E-state index in [1.54, 1.807) is 21.3 Å². The summed E-state index contributed by atoms with van der Waals surface area (Å²) in [6, 6.07) is 7.68. The van der Waals surface area contributed by atoms with E-state index in [1.807, 2.05) is 65.8 Å². The van der Waals surface area contributed by atoms with Crippen molar-refractivity contribution in [3.8, 4) is 12.8 Å². The molecule has 0 unspecified atom stereocenters. The van der Waals surface area contributed by atoms with Crippen molar-refractivity contribution in [2.45, 2.75) is 92.2 Å². The maximum absolute atomic E-state index is 9.93. The standard InChI is InChI=1S/C13H21BNO2.C5H11N.2C2H6.C2H2/c1-12(2,16)13(3,4)17-14-9-10-7-5-6-8-11(10)15;1-2-4-6-5-3-1;3*1-2/h5-8,16H,9,15H2,1-4H3;6H,1-5H2;2*1-2H3;1-2H. The lowest BCUT2D eigenvalue weighted by Crippen LogP contribution is -2.48. The Morgan fingerprint density at radius 1 is 1.00 bits per heavy atom. The first-order valence-corrected chi connectivity index (χ1v) is 10.8. The van der Waals surface area contributed by atoms with Crippen LogP contribution in [0.15, 0.2) is 24.3 Å². The van der Waals surface area contributed by atoms with Crippen molar-refractivity contribution in [3.63, 3.8) is 0 Å². The first kappa shape index (κ1) is 32.2. The Morgan fingerprint density at radius 2 is 1.48 bits per heavy atom. The number of para-hydroxylation sites is 1. The molecule has 0 spiro atoms. The maximum Gasteiger partial charge on any atom is 0.298 e. The van der Waals surface area contributed by atoms with Crippen LogP contribution < -0.4 is 11.1 Å². The van der Waals surface area contributed by atoms with Gasteiger partial charge in [0.05, 0.1) is 11.2 Å². The summed E-state index contributed by atoms with van der Waals surface area (Å²) < 4.78 is 5.62. The molecule has 29 heavy (non-hydrogen) atoms. The zero-order chi connectivity index (χ0) is 23.3. The third-order valence-electron chi connectivity index (χ3n) is 4.42. The number of piperidine rings is 1. The lowest BCUT2D eigenvalue weighted by atomic mass is 9.83. The van der Waals surface area contributed by atoms with Gasteiger partial charge in [-0.25, -0.2) is 0 Å². The van der Waals surface area contributed by atoms with Gasteiger partial charge in [0.1, 0.15) is 0 Å². The van der Waals surface area contributed by atoms with Crippen LogP contribution in [0.4, 0.5) is 5.69 Å². The Balaban J connectivity index is -0.000000465. The molecule has 0 aromatic heterocycles. The first-order chi connectivity index (χ1) is 13.7. The van der Waals surface area contributed by atoms with E-state index in [0.29, 0.717) is 6.32 Å². The van der Waals surface area contributed by atoms with Crippen molar-refractivity contribution >= 4 is 13.2 Å². The summed E-state index contributed by atoms with van der Waals surface area (Å²) in [5.41, 5.74) is 6.09. The van der Waals surface area contributed by atoms with Gasteiger partial charge in [-0.15, -0.1) is 12.8 Å². The molecule has 1 aromatic carbocycles. The number of hydrogen-bond donors (Lipinski definition) is 3. The molecule has 1 heterocycles. The van der Waals surface area contributed by atoms with Crippen LogP contribution in [-0.4, -0.2) is 36.9 Å². The van der Waals surface area contributed by atoms with Crippen molar-refractivity contribution < 1.29 is 9.76 Å². The quantitative estimate of drug-likeness (QED) is 0.366. The van der Waals surface area contributed by atoms with Crippen LogP contribution >= 0.6 is 0 Å². The molecule has 5 heteroatoms. The molecule has 0 bridgehead atoms. The highest BCUT2D eigenvalue weighted by Gasteiger charge is 2.35. The van der Waals surface area contributed by atoms with E-state index in [2.05, 4.69) is 18.2 Å². The largest absolute Gasteiger partial charge is 0.433 e. The topological polar surface area (TPSA) is 67.5 Å². The summed E-state index contributed by atoms with van der Waals surface area (Å²) in [6.07, 6.45) is 12.8. The average molecular weight is 405 g/mol. The molecule has 0 amide bonds. The second-order valence-corrected chi connectivity index (χ2v) is 7.07. The average Bonchev–Trinajstić information content (AvgIpc) is 2.75. The first-order valence-electron chi connectivity index (χ1n) is 10.8. The molecule has 1 aliphatic rings.